The molecule has 1 fully saturated rings. The van der Waals surface area contributed by atoms with Crippen molar-refractivity contribution in [3.8, 4) is 22.6 Å². The van der Waals surface area contributed by atoms with Crippen molar-refractivity contribution in [2.24, 2.45) is 0 Å². The van der Waals surface area contributed by atoms with E-state index in [1.165, 1.54) is 0 Å². The summed E-state index contributed by atoms with van der Waals surface area (Å²) in [7, 11) is 3.09. The summed E-state index contributed by atoms with van der Waals surface area (Å²) in [6, 6.07) is 11.6. The lowest BCUT2D eigenvalue weighted by atomic mass is 10.0. The van der Waals surface area contributed by atoms with Gasteiger partial charge in [-0.1, -0.05) is 23.2 Å². The molecule has 1 saturated heterocycles. The number of imidazole rings is 1. The highest BCUT2D eigenvalue weighted by Gasteiger charge is 2.22. The van der Waals surface area contributed by atoms with E-state index in [1.807, 2.05) is 34.9 Å². The molecule has 0 aliphatic carbocycles. The lowest BCUT2D eigenvalue weighted by Gasteiger charge is -2.29. The first-order chi connectivity index (χ1) is 19.0. The number of nitrogens with zero attached hydrogens (tertiary/aromatic N) is 4. The molecule has 6 rings (SSSR count). The normalized spacial score (nSPS) is 13.7. The van der Waals surface area contributed by atoms with Crippen LogP contribution in [0, 0.1) is 0 Å². The molecule has 9 nitrogen and oxygen atoms in total. The van der Waals surface area contributed by atoms with Crippen LogP contribution in [0.15, 0.2) is 55.0 Å². The first-order valence-corrected chi connectivity index (χ1v) is 13.1. The number of anilines is 4. The SMILES string of the molecule is COc1cc(OC)c(Cl)c(-c2cc3cnc(Nc4ccc(N5CCOCC5)cc4N)cc3n3ccnc23)c1Cl. The second-order valence-electron chi connectivity index (χ2n) is 9.09. The summed E-state index contributed by atoms with van der Waals surface area (Å²) in [5, 5.41) is 4.96. The summed E-state index contributed by atoms with van der Waals surface area (Å²) < 4.78 is 18.4. The van der Waals surface area contributed by atoms with Gasteiger partial charge < -0.3 is 30.2 Å². The van der Waals surface area contributed by atoms with Gasteiger partial charge in [0, 0.05) is 66.0 Å². The molecule has 200 valence electrons. The Morgan fingerprint density at radius 3 is 2.41 bits per heavy atom. The molecule has 0 bridgehead atoms. The van der Waals surface area contributed by atoms with Crippen LogP contribution in [0.2, 0.25) is 10.0 Å². The number of aromatic nitrogens is 3. The van der Waals surface area contributed by atoms with E-state index < -0.39 is 0 Å². The predicted octanol–water partition coefficient (Wildman–Crippen LogP) is 6.04. The van der Waals surface area contributed by atoms with Crippen LogP contribution in [0.3, 0.4) is 0 Å². The molecule has 0 saturated carbocycles. The van der Waals surface area contributed by atoms with E-state index in [1.54, 1.807) is 32.7 Å². The Kier molecular flexibility index (Phi) is 6.72. The first-order valence-electron chi connectivity index (χ1n) is 12.3. The van der Waals surface area contributed by atoms with E-state index in [4.69, 9.17) is 43.1 Å². The zero-order valence-corrected chi connectivity index (χ0v) is 22.9. The van der Waals surface area contributed by atoms with Crippen LogP contribution in [0.1, 0.15) is 0 Å². The Labute approximate surface area is 235 Å². The monoisotopic (exact) mass is 564 g/mol. The van der Waals surface area contributed by atoms with Gasteiger partial charge in [-0.3, -0.25) is 4.40 Å². The molecule has 11 heteroatoms. The van der Waals surface area contributed by atoms with Crippen molar-refractivity contribution in [3.63, 3.8) is 0 Å². The average Bonchev–Trinajstić information content (AvgIpc) is 3.46. The number of hydrogen-bond acceptors (Lipinski definition) is 8. The minimum absolute atomic E-state index is 0.370. The van der Waals surface area contributed by atoms with Gasteiger partial charge in [-0.2, -0.15) is 0 Å². The fourth-order valence-corrected chi connectivity index (χ4v) is 5.59. The molecule has 4 heterocycles. The van der Waals surface area contributed by atoms with E-state index in [-0.39, 0.29) is 0 Å². The van der Waals surface area contributed by atoms with Crippen molar-refractivity contribution in [2.45, 2.75) is 0 Å². The number of benzene rings is 2. The number of nitrogen functional groups attached to an aromatic ring is 1. The standard InChI is InChI=1S/C28H26Cl2N6O3/c1-37-22-14-23(38-2)27(30)25(26(22)29)18-11-16-15-33-24(13-21(16)36-6-5-32-28(18)36)34-20-4-3-17(12-19(20)31)35-7-9-39-10-8-35/h3-6,11-15H,7-10,31H2,1-2H3,(H,33,34). The maximum atomic E-state index is 6.74. The van der Waals surface area contributed by atoms with Gasteiger partial charge in [0.2, 0.25) is 0 Å². The van der Waals surface area contributed by atoms with E-state index in [0.717, 1.165) is 54.1 Å². The van der Waals surface area contributed by atoms with Crippen LogP contribution < -0.4 is 25.4 Å². The molecule has 3 aromatic heterocycles. The van der Waals surface area contributed by atoms with Crippen LogP contribution in [-0.2, 0) is 4.74 Å². The Bertz CT molecular complexity index is 1670. The number of nitrogens with two attached hydrogens (primary N) is 1. The Morgan fingerprint density at radius 1 is 0.974 bits per heavy atom. The van der Waals surface area contributed by atoms with Crippen molar-refractivity contribution < 1.29 is 14.2 Å². The topological polar surface area (TPSA) is 99.2 Å². The Morgan fingerprint density at radius 2 is 1.72 bits per heavy atom. The highest BCUT2D eigenvalue weighted by Crippen LogP contribution is 2.47. The summed E-state index contributed by atoms with van der Waals surface area (Å²) >= 11 is 13.5. The van der Waals surface area contributed by atoms with Gasteiger partial charge in [-0.05, 0) is 24.3 Å². The molecule has 39 heavy (non-hydrogen) atoms. The molecule has 0 radical (unpaired) electrons. The van der Waals surface area contributed by atoms with Crippen molar-refractivity contribution in [3.05, 3.63) is 65.0 Å². The molecular weight excluding hydrogens is 539 g/mol. The number of fused-ring (bicyclic) bond motifs is 3. The second-order valence-corrected chi connectivity index (χ2v) is 9.84. The highest BCUT2D eigenvalue weighted by molar-refractivity contribution is 6.41. The Balaban J connectivity index is 1.40. The maximum absolute atomic E-state index is 6.74. The van der Waals surface area contributed by atoms with Gasteiger partial charge in [-0.25, -0.2) is 9.97 Å². The number of halogens is 2. The summed E-state index contributed by atoms with van der Waals surface area (Å²) in [5.74, 6) is 1.55. The van der Waals surface area contributed by atoms with Crippen molar-refractivity contribution >= 4 is 62.6 Å². The molecular formula is C28H26Cl2N6O3. The van der Waals surface area contributed by atoms with Gasteiger partial charge in [0.1, 0.15) is 23.0 Å². The minimum atomic E-state index is 0.370. The van der Waals surface area contributed by atoms with E-state index in [9.17, 15) is 0 Å². The molecule has 0 atom stereocenters. The molecule has 1 aliphatic rings. The smallest absolute Gasteiger partial charge is 0.145 e. The van der Waals surface area contributed by atoms with Crippen molar-refractivity contribution in [1.29, 1.82) is 0 Å². The summed E-state index contributed by atoms with van der Waals surface area (Å²) in [4.78, 5) is 11.5. The predicted molar refractivity (Wildman–Crippen MR) is 156 cm³/mol. The van der Waals surface area contributed by atoms with Crippen LogP contribution in [-0.4, -0.2) is 54.9 Å². The highest BCUT2D eigenvalue weighted by atomic mass is 35.5. The number of methoxy groups -OCH3 is 2. The number of pyridine rings is 2. The third-order valence-electron chi connectivity index (χ3n) is 6.87. The zero-order chi connectivity index (χ0) is 27.1. The molecule has 5 aromatic rings. The Hall–Kier alpha value is -3.92. The molecule has 2 aromatic carbocycles. The number of morpholine rings is 1. The van der Waals surface area contributed by atoms with Gasteiger partial charge in [0.05, 0.1) is 54.4 Å². The molecule has 0 spiro atoms. The third-order valence-corrected chi connectivity index (χ3v) is 7.62. The van der Waals surface area contributed by atoms with Gasteiger partial charge in [0.15, 0.2) is 0 Å². The molecule has 0 unspecified atom stereocenters. The largest absolute Gasteiger partial charge is 0.495 e. The lowest BCUT2D eigenvalue weighted by Crippen LogP contribution is -2.36. The lowest BCUT2D eigenvalue weighted by molar-refractivity contribution is 0.122. The van der Waals surface area contributed by atoms with Crippen LogP contribution in [0.4, 0.5) is 22.9 Å². The van der Waals surface area contributed by atoms with E-state index >= 15 is 0 Å². The van der Waals surface area contributed by atoms with Crippen molar-refractivity contribution in [1.82, 2.24) is 14.4 Å². The van der Waals surface area contributed by atoms with E-state index in [2.05, 4.69) is 26.3 Å². The number of nitrogens with one attached hydrogen (secondary N) is 1. The van der Waals surface area contributed by atoms with Gasteiger partial charge in [0.25, 0.3) is 0 Å². The maximum Gasteiger partial charge on any atom is 0.145 e. The van der Waals surface area contributed by atoms with Gasteiger partial charge in [-0.15, -0.1) is 0 Å². The average molecular weight is 565 g/mol. The van der Waals surface area contributed by atoms with Crippen LogP contribution in [0.5, 0.6) is 11.5 Å². The van der Waals surface area contributed by atoms with Crippen LogP contribution in [0.25, 0.3) is 27.7 Å². The summed E-state index contributed by atoms with van der Waals surface area (Å²) in [6.07, 6.45) is 5.40. The molecule has 0 amide bonds. The van der Waals surface area contributed by atoms with Gasteiger partial charge >= 0.3 is 0 Å². The zero-order valence-electron chi connectivity index (χ0n) is 21.4. The van der Waals surface area contributed by atoms with Crippen LogP contribution >= 0.6 is 23.2 Å². The fourth-order valence-electron chi connectivity index (χ4n) is 4.89. The second kappa shape index (κ2) is 10.3. The summed E-state index contributed by atoms with van der Waals surface area (Å²) in [6.45, 7) is 3.13. The van der Waals surface area contributed by atoms with Crippen molar-refractivity contribution in [2.75, 3.05) is 56.5 Å². The molecule has 3 N–H and O–H groups in total. The quantitative estimate of drug-likeness (QED) is 0.241. The van der Waals surface area contributed by atoms with E-state index in [0.29, 0.717) is 44.3 Å². The minimum Gasteiger partial charge on any atom is -0.495 e. The first kappa shape index (κ1) is 25.4. The number of ether oxygens (including phenoxy) is 3. The number of rotatable bonds is 6. The number of hydrogen-bond donors (Lipinski definition) is 2. The fraction of sp³-hybridized carbons (Fsp3) is 0.214. The third kappa shape index (κ3) is 4.52. The molecule has 1 aliphatic heterocycles. The summed E-state index contributed by atoms with van der Waals surface area (Å²) in [5.41, 5.74) is 11.8.